The zero-order valence-corrected chi connectivity index (χ0v) is 15.0. The molecule has 0 aliphatic rings. The first-order valence-corrected chi connectivity index (χ1v) is 8.59. The Bertz CT molecular complexity index is 930. The second-order valence-corrected chi connectivity index (χ2v) is 6.14. The van der Waals surface area contributed by atoms with E-state index in [-0.39, 0.29) is 11.9 Å². The maximum atomic E-state index is 12.2. The number of nitrogens with one attached hydrogen (secondary N) is 3. The summed E-state index contributed by atoms with van der Waals surface area (Å²) in [5, 5.41) is 8.92. The highest BCUT2D eigenvalue weighted by atomic mass is 35.5. The van der Waals surface area contributed by atoms with Crippen molar-refractivity contribution in [3.63, 3.8) is 0 Å². The van der Waals surface area contributed by atoms with Gasteiger partial charge in [0.25, 0.3) is 5.91 Å². The van der Waals surface area contributed by atoms with Crippen molar-refractivity contribution in [3.05, 3.63) is 89.2 Å². The molecule has 27 heavy (non-hydrogen) atoms. The van der Waals surface area contributed by atoms with Crippen molar-refractivity contribution in [2.75, 3.05) is 10.6 Å². The lowest BCUT2D eigenvalue weighted by Crippen LogP contribution is -2.28. The molecule has 6 nitrogen and oxygen atoms in total. The lowest BCUT2D eigenvalue weighted by Gasteiger charge is -2.10. The summed E-state index contributed by atoms with van der Waals surface area (Å²) in [7, 11) is 0. The molecule has 0 saturated carbocycles. The zero-order chi connectivity index (χ0) is 19.1. The first-order valence-electron chi connectivity index (χ1n) is 8.21. The van der Waals surface area contributed by atoms with Crippen LogP contribution >= 0.6 is 11.6 Å². The van der Waals surface area contributed by atoms with Crippen LogP contribution in [0.4, 0.5) is 16.2 Å². The number of rotatable bonds is 5. The number of hydrogen-bond donors (Lipinski definition) is 3. The van der Waals surface area contributed by atoms with Crippen LogP contribution in [0.15, 0.2) is 73.1 Å². The van der Waals surface area contributed by atoms with E-state index in [9.17, 15) is 9.59 Å². The van der Waals surface area contributed by atoms with Gasteiger partial charge < -0.3 is 16.0 Å². The number of benzene rings is 2. The molecule has 3 N–H and O–H groups in total. The molecule has 0 radical (unpaired) electrons. The van der Waals surface area contributed by atoms with Crippen LogP contribution in [0, 0.1) is 0 Å². The summed E-state index contributed by atoms with van der Waals surface area (Å²) in [6.07, 6.45) is 3.13. The molecule has 0 spiro atoms. The van der Waals surface area contributed by atoms with E-state index in [1.165, 1.54) is 0 Å². The standard InChI is InChI=1S/C20H17ClN4O2/c21-16-4-6-17(7-5-16)25-20(27)23-13-14-2-1-3-18(12-14)24-19(26)15-8-10-22-11-9-15/h1-12H,13H2,(H,24,26)(H2,23,25,27). The fraction of sp³-hybridized carbons (Fsp3) is 0.0500. The Hall–Kier alpha value is -3.38. The van der Waals surface area contributed by atoms with Gasteiger partial charge in [0.15, 0.2) is 0 Å². The molecule has 1 aromatic heterocycles. The molecule has 7 heteroatoms. The third-order valence-electron chi connectivity index (χ3n) is 3.68. The molecule has 3 aromatic rings. The molecule has 0 atom stereocenters. The number of nitrogens with zero attached hydrogens (tertiary/aromatic N) is 1. The van der Waals surface area contributed by atoms with Gasteiger partial charge in [0.05, 0.1) is 0 Å². The third-order valence-corrected chi connectivity index (χ3v) is 3.93. The molecule has 3 rings (SSSR count). The molecular weight excluding hydrogens is 364 g/mol. The number of carbonyl (C=O) groups is 2. The van der Waals surface area contributed by atoms with E-state index >= 15 is 0 Å². The predicted octanol–water partition coefficient (Wildman–Crippen LogP) is 4.31. The van der Waals surface area contributed by atoms with Gasteiger partial charge in [-0.25, -0.2) is 4.79 Å². The topological polar surface area (TPSA) is 83.1 Å². The Morgan fingerprint density at radius 1 is 0.889 bits per heavy atom. The average Bonchev–Trinajstić information content (AvgIpc) is 2.69. The van der Waals surface area contributed by atoms with Crippen molar-refractivity contribution >= 4 is 34.9 Å². The Labute approximate surface area is 161 Å². The fourth-order valence-corrected chi connectivity index (χ4v) is 2.48. The zero-order valence-electron chi connectivity index (χ0n) is 14.3. The summed E-state index contributed by atoms with van der Waals surface area (Å²) in [6, 6.07) is 17.1. The van der Waals surface area contributed by atoms with Crippen molar-refractivity contribution in [1.82, 2.24) is 10.3 Å². The van der Waals surface area contributed by atoms with E-state index in [2.05, 4.69) is 20.9 Å². The van der Waals surface area contributed by atoms with Gasteiger partial charge in [0, 0.05) is 40.9 Å². The number of urea groups is 1. The number of aromatic nitrogens is 1. The smallest absolute Gasteiger partial charge is 0.319 e. The van der Waals surface area contributed by atoms with Gasteiger partial charge in [0.1, 0.15) is 0 Å². The van der Waals surface area contributed by atoms with Crippen molar-refractivity contribution in [3.8, 4) is 0 Å². The van der Waals surface area contributed by atoms with Gasteiger partial charge >= 0.3 is 6.03 Å². The molecule has 1 heterocycles. The summed E-state index contributed by atoms with van der Waals surface area (Å²) >= 11 is 5.82. The monoisotopic (exact) mass is 380 g/mol. The largest absolute Gasteiger partial charge is 0.334 e. The number of hydrogen-bond acceptors (Lipinski definition) is 3. The Morgan fingerprint density at radius 3 is 2.37 bits per heavy atom. The summed E-state index contributed by atoms with van der Waals surface area (Å²) < 4.78 is 0. The average molecular weight is 381 g/mol. The van der Waals surface area contributed by atoms with E-state index in [1.54, 1.807) is 54.9 Å². The molecule has 3 amide bonds. The van der Waals surface area contributed by atoms with Crippen LogP contribution < -0.4 is 16.0 Å². The highest BCUT2D eigenvalue weighted by molar-refractivity contribution is 6.30. The van der Waals surface area contributed by atoms with Crippen LogP contribution in [0.25, 0.3) is 0 Å². The van der Waals surface area contributed by atoms with Crippen LogP contribution in [0.5, 0.6) is 0 Å². The van der Waals surface area contributed by atoms with Gasteiger partial charge in [-0.2, -0.15) is 0 Å². The molecule has 0 aliphatic heterocycles. The number of anilines is 2. The molecule has 2 aromatic carbocycles. The first kappa shape index (κ1) is 18.4. The lowest BCUT2D eigenvalue weighted by atomic mass is 10.2. The molecule has 0 fully saturated rings. The lowest BCUT2D eigenvalue weighted by molar-refractivity contribution is 0.102. The normalized spacial score (nSPS) is 10.1. The van der Waals surface area contributed by atoms with E-state index in [1.807, 2.05) is 18.2 Å². The van der Waals surface area contributed by atoms with Crippen LogP contribution in [0.1, 0.15) is 15.9 Å². The molecule has 0 unspecified atom stereocenters. The van der Waals surface area contributed by atoms with Gasteiger partial charge in [-0.15, -0.1) is 0 Å². The summed E-state index contributed by atoms with van der Waals surface area (Å²) in [5.41, 5.74) is 2.68. The van der Waals surface area contributed by atoms with Crippen molar-refractivity contribution in [2.45, 2.75) is 6.54 Å². The van der Waals surface area contributed by atoms with Crippen molar-refractivity contribution < 1.29 is 9.59 Å². The van der Waals surface area contributed by atoms with Crippen LogP contribution in [-0.2, 0) is 6.54 Å². The predicted molar refractivity (Wildman–Crippen MR) is 106 cm³/mol. The SMILES string of the molecule is O=C(NCc1cccc(NC(=O)c2ccncc2)c1)Nc1ccc(Cl)cc1. The number of carbonyl (C=O) groups excluding carboxylic acids is 2. The van der Waals surface area contributed by atoms with Crippen molar-refractivity contribution in [2.24, 2.45) is 0 Å². The number of halogens is 1. The maximum absolute atomic E-state index is 12.2. The highest BCUT2D eigenvalue weighted by Gasteiger charge is 2.06. The van der Waals surface area contributed by atoms with E-state index in [4.69, 9.17) is 11.6 Å². The number of amides is 3. The minimum absolute atomic E-state index is 0.219. The molecule has 136 valence electrons. The summed E-state index contributed by atoms with van der Waals surface area (Å²) in [4.78, 5) is 28.1. The van der Waals surface area contributed by atoms with Crippen LogP contribution in [0.2, 0.25) is 5.02 Å². The number of pyridine rings is 1. The van der Waals surface area contributed by atoms with Crippen LogP contribution in [-0.4, -0.2) is 16.9 Å². The minimum Gasteiger partial charge on any atom is -0.334 e. The fourth-order valence-electron chi connectivity index (χ4n) is 2.36. The minimum atomic E-state index is -0.330. The second-order valence-electron chi connectivity index (χ2n) is 5.70. The van der Waals surface area contributed by atoms with Crippen LogP contribution in [0.3, 0.4) is 0 Å². The second kappa shape index (κ2) is 8.82. The van der Waals surface area contributed by atoms with Gasteiger partial charge in [-0.05, 0) is 54.1 Å². The van der Waals surface area contributed by atoms with Gasteiger partial charge in [0.2, 0.25) is 0 Å². The molecule has 0 bridgehead atoms. The molecule has 0 saturated heterocycles. The first-order chi connectivity index (χ1) is 13.1. The third kappa shape index (κ3) is 5.55. The molecular formula is C20H17ClN4O2. The Morgan fingerprint density at radius 2 is 1.63 bits per heavy atom. The quantitative estimate of drug-likeness (QED) is 0.616. The summed E-state index contributed by atoms with van der Waals surface area (Å²) in [5.74, 6) is -0.219. The van der Waals surface area contributed by atoms with Crippen molar-refractivity contribution in [1.29, 1.82) is 0 Å². The van der Waals surface area contributed by atoms with E-state index < -0.39 is 0 Å². The van der Waals surface area contributed by atoms with Gasteiger partial charge in [-0.1, -0.05) is 23.7 Å². The Kier molecular flexibility index (Phi) is 6.02. The Balaban J connectivity index is 1.55. The van der Waals surface area contributed by atoms with Gasteiger partial charge in [-0.3, -0.25) is 9.78 Å². The van der Waals surface area contributed by atoms with E-state index in [0.717, 1.165) is 5.56 Å². The van der Waals surface area contributed by atoms with E-state index in [0.29, 0.717) is 28.5 Å². The highest BCUT2D eigenvalue weighted by Crippen LogP contribution is 2.14. The maximum Gasteiger partial charge on any atom is 0.319 e. The summed E-state index contributed by atoms with van der Waals surface area (Å²) in [6.45, 7) is 0.318. The molecule has 0 aliphatic carbocycles.